The minimum atomic E-state index is -0.378. The van der Waals surface area contributed by atoms with Gasteiger partial charge in [-0.2, -0.15) is 0 Å². The summed E-state index contributed by atoms with van der Waals surface area (Å²) in [5.74, 6) is 2.00. The Morgan fingerprint density at radius 1 is 0.780 bits per heavy atom. The topological polar surface area (TPSA) is 74.0 Å². The Bertz CT molecular complexity index is 1350. The molecule has 41 heavy (non-hydrogen) atoms. The summed E-state index contributed by atoms with van der Waals surface area (Å²) in [6.45, 7) is 5.09. The fourth-order valence-electron chi connectivity index (χ4n) is 5.18. The third-order valence-electron chi connectivity index (χ3n) is 7.19. The largest absolute Gasteiger partial charge is 0.496 e. The molecule has 4 rings (SSSR count). The van der Waals surface area contributed by atoms with E-state index in [1.165, 1.54) is 16.7 Å². The van der Waals surface area contributed by atoms with Crippen LogP contribution in [0.3, 0.4) is 0 Å². The molecule has 0 aliphatic rings. The van der Waals surface area contributed by atoms with Crippen LogP contribution < -0.4 is 19.9 Å². The van der Waals surface area contributed by atoms with Crippen LogP contribution in [-0.2, 0) is 17.8 Å². The first-order valence-electron chi connectivity index (χ1n) is 14.0. The average molecular weight is 553 g/mol. The summed E-state index contributed by atoms with van der Waals surface area (Å²) in [6.07, 6.45) is 0.977. The van der Waals surface area contributed by atoms with Crippen molar-refractivity contribution < 1.29 is 19.0 Å². The van der Waals surface area contributed by atoms with E-state index in [4.69, 9.17) is 19.9 Å². The van der Waals surface area contributed by atoms with Gasteiger partial charge in [-0.15, -0.1) is 0 Å². The van der Waals surface area contributed by atoms with Gasteiger partial charge < -0.3 is 19.9 Å². The van der Waals surface area contributed by atoms with Crippen LogP contribution in [-0.4, -0.2) is 44.7 Å². The van der Waals surface area contributed by atoms with E-state index < -0.39 is 0 Å². The van der Waals surface area contributed by atoms with Crippen LogP contribution in [0.25, 0.3) is 0 Å². The monoisotopic (exact) mass is 552 g/mol. The van der Waals surface area contributed by atoms with Gasteiger partial charge in [0.15, 0.2) is 11.5 Å². The molecular formula is C35H40N2O4. The molecule has 0 atom stereocenters. The van der Waals surface area contributed by atoms with Gasteiger partial charge in [-0.3, -0.25) is 9.69 Å². The molecule has 0 aromatic heterocycles. The Labute approximate surface area is 243 Å². The number of benzene rings is 4. The molecule has 6 heteroatoms. The number of ether oxygens (including phenoxy) is 3. The van der Waals surface area contributed by atoms with Crippen LogP contribution in [0, 0.1) is 6.92 Å². The predicted molar refractivity (Wildman–Crippen MR) is 164 cm³/mol. The van der Waals surface area contributed by atoms with E-state index >= 15 is 0 Å². The van der Waals surface area contributed by atoms with E-state index in [9.17, 15) is 4.79 Å². The molecule has 1 amide bonds. The standard InChI is InChI=1S/C35H40N2O4/c1-26-21-28(16-17-32(26)39-2)24-37(25-31(29-11-6-4-7-12-29)30-13-8-5-9-14-30)19-10-20-41-34-22-27(23-35(36)38)15-18-33(34)40-3/h4-9,11-18,21-22,31H,10,19-20,23-25H2,1-3H3,(H2,36,38). The summed E-state index contributed by atoms with van der Waals surface area (Å²) in [5.41, 5.74) is 11.1. The summed E-state index contributed by atoms with van der Waals surface area (Å²) in [7, 11) is 3.32. The number of rotatable bonds is 15. The van der Waals surface area contributed by atoms with Crippen molar-refractivity contribution in [2.24, 2.45) is 5.73 Å². The highest BCUT2D eigenvalue weighted by atomic mass is 16.5. The van der Waals surface area contributed by atoms with Gasteiger partial charge in [-0.05, 0) is 59.4 Å². The van der Waals surface area contributed by atoms with Crippen LogP contribution >= 0.6 is 0 Å². The van der Waals surface area contributed by atoms with Crippen LogP contribution in [0.1, 0.15) is 40.2 Å². The zero-order valence-corrected chi connectivity index (χ0v) is 24.2. The Hall–Kier alpha value is -4.29. The van der Waals surface area contributed by atoms with Crippen molar-refractivity contribution in [2.45, 2.75) is 32.2 Å². The highest BCUT2D eigenvalue weighted by Gasteiger charge is 2.19. The average Bonchev–Trinajstić information content (AvgIpc) is 2.98. The Morgan fingerprint density at radius 2 is 1.39 bits per heavy atom. The first-order chi connectivity index (χ1) is 20.0. The molecule has 0 bridgehead atoms. The van der Waals surface area contributed by atoms with E-state index in [0.29, 0.717) is 18.1 Å². The third-order valence-corrected chi connectivity index (χ3v) is 7.19. The zero-order valence-electron chi connectivity index (χ0n) is 24.2. The number of carbonyl (C=O) groups excluding carboxylic acids is 1. The smallest absolute Gasteiger partial charge is 0.221 e. The normalized spacial score (nSPS) is 11.0. The molecule has 0 fully saturated rings. The van der Waals surface area contributed by atoms with E-state index in [-0.39, 0.29) is 18.2 Å². The lowest BCUT2D eigenvalue weighted by Crippen LogP contribution is -2.30. The number of methoxy groups -OCH3 is 2. The molecule has 214 valence electrons. The van der Waals surface area contributed by atoms with Crippen LogP contribution in [0.5, 0.6) is 17.2 Å². The molecule has 4 aromatic carbocycles. The van der Waals surface area contributed by atoms with Crippen molar-refractivity contribution >= 4 is 5.91 Å². The fraction of sp³-hybridized carbons (Fsp3) is 0.286. The van der Waals surface area contributed by atoms with Gasteiger partial charge in [0.2, 0.25) is 5.91 Å². The summed E-state index contributed by atoms with van der Waals surface area (Å²) < 4.78 is 17.1. The van der Waals surface area contributed by atoms with Crippen molar-refractivity contribution in [1.29, 1.82) is 0 Å². The maximum Gasteiger partial charge on any atom is 0.221 e. The zero-order chi connectivity index (χ0) is 29.0. The minimum Gasteiger partial charge on any atom is -0.496 e. The van der Waals surface area contributed by atoms with E-state index in [0.717, 1.165) is 42.9 Å². The molecule has 6 nitrogen and oxygen atoms in total. The molecule has 0 aliphatic carbocycles. The molecule has 0 radical (unpaired) electrons. The highest BCUT2D eigenvalue weighted by molar-refractivity contribution is 5.76. The number of hydrogen-bond donors (Lipinski definition) is 1. The van der Waals surface area contributed by atoms with Crippen LogP contribution in [0.15, 0.2) is 97.1 Å². The number of nitrogens with zero attached hydrogens (tertiary/aromatic N) is 1. The second-order valence-electron chi connectivity index (χ2n) is 10.2. The number of nitrogens with two attached hydrogens (primary N) is 1. The van der Waals surface area contributed by atoms with E-state index in [2.05, 4.69) is 84.6 Å². The number of aryl methyl sites for hydroxylation is 1. The maximum absolute atomic E-state index is 11.4. The Morgan fingerprint density at radius 3 is 1.98 bits per heavy atom. The second-order valence-corrected chi connectivity index (χ2v) is 10.2. The SMILES string of the molecule is COc1ccc(CN(CCCOc2cc(CC(N)=O)ccc2OC)CC(c2ccccc2)c2ccccc2)cc1C. The fourth-order valence-corrected chi connectivity index (χ4v) is 5.18. The van der Waals surface area contributed by atoms with Crippen molar-refractivity contribution in [3.63, 3.8) is 0 Å². The van der Waals surface area contributed by atoms with E-state index in [1.807, 2.05) is 24.3 Å². The molecule has 0 spiro atoms. The van der Waals surface area contributed by atoms with Crippen LogP contribution in [0.2, 0.25) is 0 Å². The first-order valence-corrected chi connectivity index (χ1v) is 14.0. The molecular weight excluding hydrogens is 512 g/mol. The number of amides is 1. The van der Waals surface area contributed by atoms with Crippen molar-refractivity contribution in [2.75, 3.05) is 33.9 Å². The number of primary amides is 1. The van der Waals surface area contributed by atoms with Crippen molar-refractivity contribution in [3.8, 4) is 17.2 Å². The van der Waals surface area contributed by atoms with E-state index in [1.54, 1.807) is 14.2 Å². The second kappa shape index (κ2) is 14.9. The molecule has 0 saturated carbocycles. The van der Waals surface area contributed by atoms with Gasteiger partial charge in [0.25, 0.3) is 0 Å². The molecule has 4 aromatic rings. The molecule has 0 saturated heterocycles. The van der Waals surface area contributed by atoms with Crippen LogP contribution in [0.4, 0.5) is 0 Å². The Balaban J connectivity index is 1.52. The minimum absolute atomic E-state index is 0.162. The van der Waals surface area contributed by atoms with Crippen molar-refractivity contribution in [1.82, 2.24) is 4.90 Å². The molecule has 0 unspecified atom stereocenters. The molecule has 2 N–H and O–H groups in total. The van der Waals surface area contributed by atoms with Crippen molar-refractivity contribution in [3.05, 3.63) is 125 Å². The van der Waals surface area contributed by atoms with Gasteiger partial charge in [-0.25, -0.2) is 0 Å². The number of hydrogen-bond acceptors (Lipinski definition) is 5. The lowest BCUT2D eigenvalue weighted by molar-refractivity contribution is -0.117. The summed E-state index contributed by atoms with van der Waals surface area (Å²) >= 11 is 0. The summed E-state index contributed by atoms with van der Waals surface area (Å²) in [5, 5.41) is 0. The van der Waals surface area contributed by atoms with Gasteiger partial charge >= 0.3 is 0 Å². The van der Waals surface area contributed by atoms with Gasteiger partial charge in [0, 0.05) is 25.6 Å². The lowest BCUT2D eigenvalue weighted by Gasteiger charge is -2.29. The quantitative estimate of drug-likeness (QED) is 0.179. The molecule has 0 aliphatic heterocycles. The van der Waals surface area contributed by atoms with Gasteiger partial charge in [0.05, 0.1) is 27.2 Å². The number of carbonyl (C=O) groups is 1. The highest BCUT2D eigenvalue weighted by Crippen LogP contribution is 2.29. The van der Waals surface area contributed by atoms with Gasteiger partial charge in [0.1, 0.15) is 5.75 Å². The first kappa shape index (κ1) is 29.7. The lowest BCUT2D eigenvalue weighted by atomic mass is 9.90. The third kappa shape index (κ3) is 8.60. The predicted octanol–water partition coefficient (Wildman–Crippen LogP) is 6.14. The maximum atomic E-state index is 11.4. The summed E-state index contributed by atoms with van der Waals surface area (Å²) in [6, 6.07) is 33.3. The molecule has 0 heterocycles. The summed E-state index contributed by atoms with van der Waals surface area (Å²) in [4.78, 5) is 13.9. The van der Waals surface area contributed by atoms with Gasteiger partial charge in [-0.1, -0.05) is 78.9 Å². The Kier molecular flexibility index (Phi) is 10.8.